The fourth-order valence-corrected chi connectivity index (χ4v) is 4.34. The van der Waals surface area contributed by atoms with Gasteiger partial charge in [-0.3, -0.25) is 15.1 Å². The zero-order valence-electron chi connectivity index (χ0n) is 20.3. The summed E-state index contributed by atoms with van der Waals surface area (Å²) in [7, 11) is 4.01. The van der Waals surface area contributed by atoms with Crippen LogP contribution in [0.2, 0.25) is 0 Å². The Kier molecular flexibility index (Phi) is 5.78. The van der Waals surface area contributed by atoms with Crippen LogP contribution in [0.4, 0.5) is 10.1 Å². The third-order valence-corrected chi connectivity index (χ3v) is 6.12. The summed E-state index contributed by atoms with van der Waals surface area (Å²) in [5.74, 6) is -0.301. The quantitative estimate of drug-likeness (QED) is 0.295. The highest BCUT2D eigenvalue weighted by Crippen LogP contribution is 2.34. The van der Waals surface area contributed by atoms with Crippen LogP contribution in [0.1, 0.15) is 0 Å². The zero-order chi connectivity index (χ0) is 25.4. The van der Waals surface area contributed by atoms with E-state index >= 15 is 0 Å². The van der Waals surface area contributed by atoms with Gasteiger partial charge in [-0.15, -0.1) is 0 Å². The van der Waals surface area contributed by atoms with Crippen LogP contribution in [0.3, 0.4) is 0 Å². The van der Waals surface area contributed by atoms with E-state index in [1.54, 1.807) is 24.8 Å². The highest BCUT2D eigenvalue weighted by molar-refractivity contribution is 5.99. The van der Waals surface area contributed by atoms with Gasteiger partial charge in [-0.05, 0) is 67.7 Å². The highest BCUT2D eigenvalue weighted by Gasteiger charge is 2.17. The average Bonchev–Trinajstić information content (AvgIpc) is 3.52. The van der Waals surface area contributed by atoms with Gasteiger partial charge in [0.25, 0.3) is 0 Å². The number of H-pyrrole nitrogens is 2. The molecule has 0 atom stereocenters. The first-order chi connectivity index (χ1) is 18.0. The maximum atomic E-state index is 14.6. The van der Waals surface area contributed by atoms with E-state index in [1.165, 1.54) is 12.1 Å². The van der Waals surface area contributed by atoms with Crippen molar-refractivity contribution in [3.63, 3.8) is 0 Å². The Hall–Kier alpha value is -4.70. The Labute approximate surface area is 211 Å². The molecule has 184 valence electrons. The second-order valence-corrected chi connectivity index (χ2v) is 9.02. The highest BCUT2D eigenvalue weighted by atomic mass is 19.1. The molecule has 0 aliphatic carbocycles. The summed E-state index contributed by atoms with van der Waals surface area (Å²) in [6.45, 7) is 1.56. The van der Waals surface area contributed by atoms with E-state index in [0.717, 1.165) is 40.0 Å². The lowest BCUT2D eigenvalue weighted by atomic mass is 10.0. The van der Waals surface area contributed by atoms with Gasteiger partial charge in [-0.25, -0.2) is 14.4 Å². The third-order valence-electron chi connectivity index (χ3n) is 6.12. The fraction of sp³-hybridized carbons (Fsp3) is 0.148. The van der Waals surface area contributed by atoms with Gasteiger partial charge in [0.05, 0.1) is 23.1 Å². The monoisotopic (exact) mass is 493 g/mol. The van der Waals surface area contributed by atoms with Crippen molar-refractivity contribution >= 4 is 27.8 Å². The molecule has 0 saturated heterocycles. The number of anilines is 1. The molecule has 1 aromatic carbocycles. The van der Waals surface area contributed by atoms with Crippen LogP contribution in [-0.4, -0.2) is 67.2 Å². The first kappa shape index (κ1) is 22.7. The van der Waals surface area contributed by atoms with Crippen molar-refractivity contribution < 1.29 is 4.39 Å². The number of halogens is 1. The molecule has 0 amide bonds. The van der Waals surface area contributed by atoms with Gasteiger partial charge in [0.15, 0.2) is 0 Å². The minimum absolute atomic E-state index is 0.301. The molecule has 0 aliphatic rings. The molecule has 3 N–H and O–H groups in total. The molecule has 0 radical (unpaired) electrons. The molecule has 0 aliphatic heterocycles. The van der Waals surface area contributed by atoms with E-state index < -0.39 is 0 Å². The topological polar surface area (TPSA) is 111 Å². The number of aromatic amines is 2. The summed E-state index contributed by atoms with van der Waals surface area (Å²) >= 11 is 0. The lowest BCUT2D eigenvalue weighted by Gasteiger charge is -2.13. The average molecular weight is 494 g/mol. The number of aromatic nitrogens is 7. The minimum atomic E-state index is -0.301. The van der Waals surface area contributed by atoms with E-state index in [2.05, 4.69) is 40.3 Å². The van der Waals surface area contributed by atoms with Crippen LogP contribution in [0.15, 0.2) is 67.3 Å². The number of hydrogen-bond donors (Lipinski definition) is 3. The molecule has 0 unspecified atom stereocenters. The van der Waals surface area contributed by atoms with Crippen LogP contribution in [0.25, 0.3) is 56.0 Å². The molecule has 5 aromatic heterocycles. The van der Waals surface area contributed by atoms with Gasteiger partial charge < -0.3 is 15.2 Å². The number of hydrogen-bond acceptors (Lipinski definition) is 7. The summed E-state index contributed by atoms with van der Waals surface area (Å²) in [6.07, 6.45) is 6.66. The second kappa shape index (κ2) is 9.40. The van der Waals surface area contributed by atoms with E-state index in [-0.39, 0.29) is 5.82 Å². The Morgan fingerprint density at radius 1 is 0.973 bits per heavy atom. The van der Waals surface area contributed by atoms with Crippen molar-refractivity contribution in [2.45, 2.75) is 0 Å². The van der Waals surface area contributed by atoms with E-state index in [1.807, 2.05) is 44.4 Å². The first-order valence-electron chi connectivity index (χ1n) is 11.8. The maximum Gasteiger partial charge on any atom is 0.138 e. The maximum absolute atomic E-state index is 14.6. The van der Waals surface area contributed by atoms with Gasteiger partial charge in [0.2, 0.25) is 0 Å². The van der Waals surface area contributed by atoms with E-state index in [4.69, 9.17) is 4.98 Å². The van der Waals surface area contributed by atoms with Crippen LogP contribution in [-0.2, 0) is 0 Å². The molecule has 0 spiro atoms. The molecular formula is C27H24FN9. The Balaban J connectivity index is 1.41. The molecule has 6 aromatic rings. The SMILES string of the molecule is CN(C)CCNc1cc(F)cc(-c2ccnc3[nH]c(-c4n[nH]c5ccc(-c6cnccn6)nc45)cc23)c1. The second-order valence-electron chi connectivity index (χ2n) is 9.02. The summed E-state index contributed by atoms with van der Waals surface area (Å²) in [5.41, 5.74) is 7.35. The van der Waals surface area contributed by atoms with E-state index in [0.29, 0.717) is 34.8 Å². The molecular weight excluding hydrogens is 469 g/mol. The van der Waals surface area contributed by atoms with Gasteiger partial charge >= 0.3 is 0 Å². The Morgan fingerprint density at radius 2 is 1.89 bits per heavy atom. The number of nitrogens with one attached hydrogen (secondary N) is 3. The van der Waals surface area contributed by atoms with Gasteiger partial charge in [0.1, 0.15) is 28.4 Å². The third kappa shape index (κ3) is 4.50. The number of rotatable bonds is 7. The zero-order valence-corrected chi connectivity index (χ0v) is 20.3. The minimum Gasteiger partial charge on any atom is -0.384 e. The summed E-state index contributed by atoms with van der Waals surface area (Å²) in [6, 6.07) is 12.7. The smallest absolute Gasteiger partial charge is 0.138 e. The summed E-state index contributed by atoms with van der Waals surface area (Å²) in [4.78, 5) is 23.2. The van der Waals surface area contributed by atoms with Crippen molar-refractivity contribution in [1.29, 1.82) is 0 Å². The van der Waals surface area contributed by atoms with Crippen molar-refractivity contribution in [2.24, 2.45) is 0 Å². The van der Waals surface area contributed by atoms with Crippen molar-refractivity contribution in [2.75, 3.05) is 32.5 Å². The van der Waals surface area contributed by atoms with Gasteiger partial charge in [-0.1, -0.05) is 0 Å². The summed E-state index contributed by atoms with van der Waals surface area (Å²) in [5, 5.41) is 11.7. The number of nitrogens with zero attached hydrogens (tertiary/aromatic N) is 6. The normalized spacial score (nSPS) is 11.6. The van der Waals surface area contributed by atoms with Crippen molar-refractivity contribution in [3.8, 4) is 33.9 Å². The standard InChI is InChI=1S/C27H24FN9/c1-37(2)10-9-30-18-12-16(11-17(28)13-18)19-5-6-32-27-20(19)14-23(34-27)26-25-22(35-36-26)4-3-21(33-25)24-15-29-7-8-31-24/h3-8,11-15,30H,9-10H2,1-2H3,(H,32,34)(H,35,36). The van der Waals surface area contributed by atoms with Crippen LogP contribution in [0, 0.1) is 5.82 Å². The molecule has 0 fully saturated rings. The lowest BCUT2D eigenvalue weighted by molar-refractivity contribution is 0.425. The molecule has 6 rings (SSSR count). The van der Waals surface area contributed by atoms with Gasteiger partial charge in [-0.2, -0.15) is 5.10 Å². The number of pyridine rings is 2. The fourth-order valence-electron chi connectivity index (χ4n) is 4.34. The number of fused-ring (bicyclic) bond motifs is 2. The molecule has 5 heterocycles. The van der Waals surface area contributed by atoms with Crippen molar-refractivity contribution in [1.82, 2.24) is 40.0 Å². The van der Waals surface area contributed by atoms with Crippen LogP contribution < -0.4 is 5.32 Å². The van der Waals surface area contributed by atoms with Crippen LogP contribution >= 0.6 is 0 Å². The first-order valence-corrected chi connectivity index (χ1v) is 11.8. The molecule has 10 heteroatoms. The number of benzene rings is 1. The number of likely N-dealkylation sites (N-methyl/N-ethyl adjacent to an activating group) is 1. The Morgan fingerprint density at radius 3 is 2.73 bits per heavy atom. The van der Waals surface area contributed by atoms with Crippen LogP contribution in [0.5, 0.6) is 0 Å². The predicted molar refractivity (Wildman–Crippen MR) is 142 cm³/mol. The lowest BCUT2D eigenvalue weighted by Crippen LogP contribution is -2.20. The summed E-state index contributed by atoms with van der Waals surface area (Å²) < 4.78 is 14.6. The van der Waals surface area contributed by atoms with Crippen molar-refractivity contribution in [3.05, 3.63) is 73.1 Å². The molecule has 9 nitrogen and oxygen atoms in total. The largest absolute Gasteiger partial charge is 0.384 e. The molecule has 37 heavy (non-hydrogen) atoms. The van der Waals surface area contributed by atoms with Gasteiger partial charge in [0, 0.05) is 42.8 Å². The molecule has 0 saturated carbocycles. The van der Waals surface area contributed by atoms with E-state index in [9.17, 15) is 4.39 Å². The predicted octanol–water partition coefficient (Wildman–Crippen LogP) is 4.74. The Bertz CT molecular complexity index is 1710. The molecule has 0 bridgehead atoms.